The van der Waals surface area contributed by atoms with Gasteiger partial charge in [-0.05, 0) is 67.0 Å². The molecular weight excluding hydrogens is 374 g/mol. The van der Waals surface area contributed by atoms with Crippen molar-refractivity contribution in [2.45, 2.75) is 52.0 Å². The molecule has 1 atom stereocenters. The minimum atomic E-state index is 0.145. The Labute approximate surface area is 180 Å². The lowest BCUT2D eigenvalue weighted by Crippen LogP contribution is -2.28. The first kappa shape index (κ1) is 20.8. The van der Waals surface area contributed by atoms with Crippen LogP contribution in [0.3, 0.4) is 0 Å². The zero-order valence-corrected chi connectivity index (χ0v) is 18.4. The van der Waals surface area contributed by atoms with Crippen LogP contribution < -0.4 is 19.5 Å². The Morgan fingerprint density at radius 3 is 2.90 bits per heavy atom. The van der Waals surface area contributed by atoms with E-state index >= 15 is 0 Å². The topological polar surface area (TPSA) is 39.7 Å². The van der Waals surface area contributed by atoms with E-state index < -0.39 is 0 Å². The molecule has 30 heavy (non-hydrogen) atoms. The molecule has 0 bridgehead atoms. The molecule has 0 amide bonds. The van der Waals surface area contributed by atoms with E-state index in [0.29, 0.717) is 0 Å². The lowest BCUT2D eigenvalue weighted by atomic mass is 9.92. The number of rotatable bonds is 7. The normalized spacial score (nSPS) is 17.9. The van der Waals surface area contributed by atoms with Crippen molar-refractivity contribution in [1.82, 2.24) is 5.32 Å². The Bertz CT molecular complexity index is 919. The summed E-state index contributed by atoms with van der Waals surface area (Å²) in [5.74, 6) is 2.73. The predicted octanol–water partition coefficient (Wildman–Crippen LogP) is 5.41. The second kappa shape index (κ2) is 9.57. The van der Waals surface area contributed by atoms with Crippen molar-refractivity contribution in [3.8, 4) is 17.2 Å². The standard InChI is InChI=1S/C26H33NO3/c1-4-5-14-29-25-16-20-12-13-27-23(22(20)17-24(25)28-3)11-10-21-18(2)8-9-19-7-6-15-30-26(19)21/h8-11,16-17,23,27H,4-7,12-15H2,1-3H3/b11-10+. The third-order valence-electron chi connectivity index (χ3n) is 6.06. The predicted molar refractivity (Wildman–Crippen MR) is 122 cm³/mol. The molecule has 0 saturated carbocycles. The highest BCUT2D eigenvalue weighted by Crippen LogP contribution is 2.37. The van der Waals surface area contributed by atoms with Gasteiger partial charge in [-0.15, -0.1) is 0 Å². The molecule has 0 radical (unpaired) electrons. The van der Waals surface area contributed by atoms with E-state index in [1.807, 2.05) is 0 Å². The van der Waals surface area contributed by atoms with Crippen molar-refractivity contribution >= 4 is 6.08 Å². The average molecular weight is 408 g/mol. The highest BCUT2D eigenvalue weighted by Gasteiger charge is 2.22. The number of unbranched alkanes of at least 4 members (excludes halogenated alkanes) is 1. The van der Waals surface area contributed by atoms with Gasteiger partial charge in [0.05, 0.1) is 26.4 Å². The van der Waals surface area contributed by atoms with Crippen LogP contribution in [-0.2, 0) is 12.8 Å². The van der Waals surface area contributed by atoms with Gasteiger partial charge >= 0.3 is 0 Å². The zero-order chi connectivity index (χ0) is 20.9. The van der Waals surface area contributed by atoms with Crippen LogP contribution in [0, 0.1) is 6.92 Å². The maximum absolute atomic E-state index is 6.04. The Hall–Kier alpha value is -2.46. The maximum Gasteiger partial charge on any atom is 0.161 e. The van der Waals surface area contributed by atoms with E-state index in [2.05, 4.69) is 55.6 Å². The van der Waals surface area contributed by atoms with Gasteiger partial charge in [0.15, 0.2) is 11.5 Å². The Kier molecular flexibility index (Phi) is 6.63. The number of ether oxygens (including phenoxy) is 3. The van der Waals surface area contributed by atoms with Crippen LogP contribution in [0.5, 0.6) is 17.2 Å². The summed E-state index contributed by atoms with van der Waals surface area (Å²) in [6.07, 6.45) is 9.85. The van der Waals surface area contributed by atoms with Crippen molar-refractivity contribution in [3.63, 3.8) is 0 Å². The summed E-state index contributed by atoms with van der Waals surface area (Å²) < 4.78 is 17.7. The first-order valence-corrected chi connectivity index (χ1v) is 11.2. The summed E-state index contributed by atoms with van der Waals surface area (Å²) >= 11 is 0. The molecule has 2 aromatic carbocycles. The third kappa shape index (κ3) is 4.34. The fraction of sp³-hybridized carbons (Fsp3) is 0.462. The van der Waals surface area contributed by atoms with E-state index in [-0.39, 0.29) is 6.04 Å². The first-order valence-electron chi connectivity index (χ1n) is 11.2. The molecule has 0 fully saturated rings. The molecule has 160 valence electrons. The van der Waals surface area contributed by atoms with Gasteiger partial charge in [0.25, 0.3) is 0 Å². The second-order valence-electron chi connectivity index (χ2n) is 8.18. The quantitative estimate of drug-likeness (QED) is 0.623. The molecule has 4 rings (SSSR count). The lowest BCUT2D eigenvalue weighted by molar-refractivity contribution is 0.287. The molecule has 0 aromatic heterocycles. The van der Waals surface area contributed by atoms with Crippen LogP contribution in [0.25, 0.3) is 6.08 Å². The molecule has 0 saturated heterocycles. The largest absolute Gasteiger partial charge is 0.493 e. The number of benzene rings is 2. The Morgan fingerprint density at radius 1 is 1.17 bits per heavy atom. The van der Waals surface area contributed by atoms with Gasteiger partial charge in [-0.2, -0.15) is 0 Å². The van der Waals surface area contributed by atoms with Crippen molar-refractivity contribution in [2.24, 2.45) is 0 Å². The van der Waals surface area contributed by atoms with Gasteiger partial charge in [0.2, 0.25) is 0 Å². The number of hydrogen-bond acceptors (Lipinski definition) is 4. The number of fused-ring (bicyclic) bond motifs is 2. The Morgan fingerprint density at radius 2 is 2.07 bits per heavy atom. The van der Waals surface area contributed by atoms with E-state index in [9.17, 15) is 0 Å². The minimum Gasteiger partial charge on any atom is -0.493 e. The van der Waals surface area contributed by atoms with Gasteiger partial charge < -0.3 is 19.5 Å². The molecule has 2 aromatic rings. The second-order valence-corrected chi connectivity index (χ2v) is 8.18. The molecule has 4 heteroatoms. The summed E-state index contributed by atoms with van der Waals surface area (Å²) in [5.41, 5.74) is 6.37. The highest BCUT2D eigenvalue weighted by atomic mass is 16.5. The van der Waals surface area contributed by atoms with Crippen LogP contribution in [-0.4, -0.2) is 26.9 Å². The van der Waals surface area contributed by atoms with Crippen molar-refractivity contribution in [3.05, 3.63) is 58.2 Å². The van der Waals surface area contributed by atoms with Crippen LogP contribution in [0.1, 0.15) is 60.0 Å². The summed E-state index contributed by atoms with van der Waals surface area (Å²) in [5, 5.41) is 3.64. The molecule has 1 unspecified atom stereocenters. The molecular formula is C26H33NO3. The summed E-state index contributed by atoms with van der Waals surface area (Å²) in [4.78, 5) is 0. The van der Waals surface area contributed by atoms with E-state index in [0.717, 1.165) is 69.1 Å². The molecule has 0 spiro atoms. The smallest absolute Gasteiger partial charge is 0.161 e. The zero-order valence-electron chi connectivity index (χ0n) is 18.4. The van der Waals surface area contributed by atoms with Crippen molar-refractivity contribution in [1.29, 1.82) is 0 Å². The monoisotopic (exact) mass is 407 g/mol. The van der Waals surface area contributed by atoms with Crippen LogP contribution in [0.15, 0.2) is 30.3 Å². The molecule has 0 aliphatic carbocycles. The summed E-state index contributed by atoms with van der Waals surface area (Å²) in [6, 6.07) is 8.87. The van der Waals surface area contributed by atoms with Crippen LogP contribution in [0.4, 0.5) is 0 Å². The molecule has 2 heterocycles. The molecule has 2 aliphatic heterocycles. The van der Waals surface area contributed by atoms with Gasteiger partial charge in [-0.1, -0.05) is 37.6 Å². The third-order valence-corrected chi connectivity index (χ3v) is 6.06. The fourth-order valence-corrected chi connectivity index (χ4v) is 4.31. The van der Waals surface area contributed by atoms with E-state index in [4.69, 9.17) is 14.2 Å². The van der Waals surface area contributed by atoms with Gasteiger partial charge in [-0.25, -0.2) is 0 Å². The summed E-state index contributed by atoms with van der Waals surface area (Å²) in [6.45, 7) is 6.81. The van der Waals surface area contributed by atoms with E-state index in [1.165, 1.54) is 27.8 Å². The number of methoxy groups -OCH3 is 1. The lowest BCUT2D eigenvalue weighted by Gasteiger charge is -2.27. The molecule has 1 N–H and O–H groups in total. The van der Waals surface area contributed by atoms with Crippen molar-refractivity contribution in [2.75, 3.05) is 26.9 Å². The fourth-order valence-electron chi connectivity index (χ4n) is 4.31. The number of aryl methyl sites for hydroxylation is 2. The van der Waals surface area contributed by atoms with Crippen LogP contribution in [0.2, 0.25) is 0 Å². The van der Waals surface area contributed by atoms with E-state index in [1.54, 1.807) is 7.11 Å². The maximum atomic E-state index is 6.04. The average Bonchev–Trinajstić information content (AvgIpc) is 2.78. The molecule has 4 nitrogen and oxygen atoms in total. The first-order chi connectivity index (χ1) is 14.7. The number of nitrogens with one attached hydrogen (secondary N) is 1. The summed E-state index contributed by atoms with van der Waals surface area (Å²) in [7, 11) is 1.71. The van der Waals surface area contributed by atoms with Gasteiger partial charge in [0, 0.05) is 12.1 Å². The van der Waals surface area contributed by atoms with Gasteiger partial charge in [-0.3, -0.25) is 0 Å². The highest BCUT2D eigenvalue weighted by molar-refractivity contribution is 5.65. The van der Waals surface area contributed by atoms with Crippen LogP contribution >= 0.6 is 0 Å². The van der Waals surface area contributed by atoms with Crippen molar-refractivity contribution < 1.29 is 14.2 Å². The molecule has 2 aliphatic rings. The Balaban J connectivity index is 1.62. The number of hydrogen-bond donors (Lipinski definition) is 1. The minimum absolute atomic E-state index is 0.145. The SMILES string of the molecule is CCCCOc1cc2c(cc1OC)C(/C=C/c1c(C)ccc3c1OCCC3)NCC2. The van der Waals surface area contributed by atoms with Gasteiger partial charge in [0.1, 0.15) is 5.75 Å².